The third-order valence-electron chi connectivity index (χ3n) is 4.61. The minimum absolute atomic E-state index is 0.244. The highest BCUT2D eigenvalue weighted by Crippen LogP contribution is 2.33. The van der Waals surface area contributed by atoms with E-state index in [-0.39, 0.29) is 11.7 Å². The highest BCUT2D eigenvalue weighted by Gasteiger charge is 2.40. The van der Waals surface area contributed by atoms with E-state index in [1.54, 1.807) is 6.20 Å². The lowest BCUT2D eigenvalue weighted by molar-refractivity contribution is -0.169. The fraction of sp³-hybridized carbons (Fsp3) is 0.588. The number of hydrogen-bond acceptors (Lipinski definition) is 7. The van der Waals surface area contributed by atoms with Crippen molar-refractivity contribution in [3.63, 3.8) is 0 Å². The van der Waals surface area contributed by atoms with Crippen LogP contribution < -0.4 is 4.90 Å². The van der Waals surface area contributed by atoms with Crippen molar-refractivity contribution in [2.75, 3.05) is 31.2 Å². The third kappa shape index (κ3) is 2.89. The van der Waals surface area contributed by atoms with Gasteiger partial charge in [-0.25, -0.2) is 4.98 Å². The molecule has 0 aromatic carbocycles. The molecule has 4 heterocycles. The largest absolute Gasteiger partial charge is 0.356 e. The molecule has 0 saturated carbocycles. The molecule has 0 atom stereocenters. The molecule has 0 amide bonds. The summed E-state index contributed by atoms with van der Waals surface area (Å²) >= 11 is 0. The molecule has 1 spiro atoms. The number of piperidine rings is 1. The molecule has 0 bridgehead atoms. The molecule has 4 rings (SSSR count). The Morgan fingerprint density at radius 3 is 2.58 bits per heavy atom. The Morgan fingerprint density at radius 2 is 1.92 bits per heavy atom. The number of rotatable bonds is 3. The van der Waals surface area contributed by atoms with Crippen molar-refractivity contribution in [3.8, 4) is 11.5 Å². The Labute approximate surface area is 141 Å². The number of hydrogen-bond donors (Lipinski definition) is 0. The monoisotopic (exact) mass is 330 g/mol. The van der Waals surface area contributed by atoms with Gasteiger partial charge in [0.05, 0.1) is 13.2 Å². The van der Waals surface area contributed by atoms with Crippen LogP contribution in [0.4, 0.5) is 5.82 Å². The predicted molar refractivity (Wildman–Crippen MR) is 87.7 cm³/mol. The van der Waals surface area contributed by atoms with Crippen LogP contribution in [0, 0.1) is 0 Å². The predicted octanol–water partition coefficient (Wildman–Crippen LogP) is 2.60. The maximum atomic E-state index is 5.78. The van der Waals surface area contributed by atoms with E-state index in [9.17, 15) is 0 Å². The van der Waals surface area contributed by atoms with Gasteiger partial charge in [-0.1, -0.05) is 19.0 Å². The van der Waals surface area contributed by atoms with Crippen molar-refractivity contribution in [2.24, 2.45) is 0 Å². The molecule has 128 valence electrons. The van der Waals surface area contributed by atoms with E-state index >= 15 is 0 Å². The number of nitrogens with zero attached hydrogens (tertiary/aromatic N) is 4. The van der Waals surface area contributed by atoms with Gasteiger partial charge in [0.1, 0.15) is 5.82 Å². The summed E-state index contributed by atoms with van der Waals surface area (Å²) in [7, 11) is 0. The average Bonchev–Trinajstić information content (AvgIpc) is 3.26. The summed E-state index contributed by atoms with van der Waals surface area (Å²) in [6.07, 6.45) is 3.50. The van der Waals surface area contributed by atoms with Crippen molar-refractivity contribution in [1.29, 1.82) is 0 Å². The zero-order chi connectivity index (χ0) is 16.6. The summed E-state index contributed by atoms with van der Waals surface area (Å²) in [6, 6.07) is 3.90. The second-order valence-electron chi connectivity index (χ2n) is 6.61. The first-order chi connectivity index (χ1) is 11.7. The molecule has 2 aliphatic rings. The van der Waals surface area contributed by atoms with Gasteiger partial charge in [-0.15, -0.1) is 0 Å². The Bertz CT molecular complexity index is 699. The van der Waals surface area contributed by atoms with E-state index in [1.165, 1.54) is 0 Å². The minimum atomic E-state index is -0.368. The van der Waals surface area contributed by atoms with Gasteiger partial charge in [0, 0.05) is 43.6 Å². The van der Waals surface area contributed by atoms with Gasteiger partial charge in [0.2, 0.25) is 0 Å². The summed E-state index contributed by atoms with van der Waals surface area (Å²) in [5, 5.41) is 4.03. The lowest BCUT2D eigenvalue weighted by Crippen LogP contribution is -2.45. The van der Waals surface area contributed by atoms with Gasteiger partial charge in [-0.3, -0.25) is 0 Å². The molecule has 0 unspecified atom stereocenters. The molecule has 7 heteroatoms. The van der Waals surface area contributed by atoms with Crippen LogP contribution in [0.2, 0.25) is 0 Å². The molecule has 7 nitrogen and oxygen atoms in total. The minimum Gasteiger partial charge on any atom is -0.356 e. The van der Waals surface area contributed by atoms with Crippen molar-refractivity contribution in [3.05, 3.63) is 24.2 Å². The van der Waals surface area contributed by atoms with E-state index in [2.05, 4.69) is 20.0 Å². The maximum Gasteiger partial charge on any atom is 0.258 e. The molecule has 2 aromatic heterocycles. The number of pyridine rings is 1. The second-order valence-corrected chi connectivity index (χ2v) is 6.61. The van der Waals surface area contributed by atoms with Gasteiger partial charge in [0.25, 0.3) is 5.89 Å². The van der Waals surface area contributed by atoms with E-state index in [1.807, 2.05) is 26.0 Å². The second kappa shape index (κ2) is 6.14. The molecule has 24 heavy (non-hydrogen) atoms. The Morgan fingerprint density at radius 1 is 1.17 bits per heavy atom. The average molecular weight is 330 g/mol. The van der Waals surface area contributed by atoms with Gasteiger partial charge >= 0.3 is 0 Å². The standard InChI is InChI=1S/C17H22N4O3/c1-12(2)15-19-16(24-20-15)13-3-6-18-14(11-13)21-7-4-17(5-8-21)22-9-10-23-17/h3,6,11-12H,4-5,7-10H2,1-2H3. The summed E-state index contributed by atoms with van der Waals surface area (Å²) in [6.45, 7) is 7.20. The van der Waals surface area contributed by atoms with Crippen molar-refractivity contribution < 1.29 is 14.0 Å². The molecule has 2 saturated heterocycles. The van der Waals surface area contributed by atoms with E-state index in [0.717, 1.165) is 43.1 Å². The highest BCUT2D eigenvalue weighted by atomic mass is 16.7. The summed E-state index contributed by atoms with van der Waals surface area (Å²) in [4.78, 5) is 11.2. The number of aromatic nitrogens is 3. The van der Waals surface area contributed by atoms with Crippen LogP contribution in [0.25, 0.3) is 11.5 Å². The fourth-order valence-electron chi connectivity index (χ4n) is 3.17. The van der Waals surface area contributed by atoms with Crippen LogP contribution in [0.5, 0.6) is 0 Å². The Kier molecular flexibility index (Phi) is 3.97. The van der Waals surface area contributed by atoms with Crippen molar-refractivity contribution in [1.82, 2.24) is 15.1 Å². The van der Waals surface area contributed by atoms with Crippen LogP contribution in [0.3, 0.4) is 0 Å². The normalized spacial score (nSPS) is 20.2. The first-order valence-corrected chi connectivity index (χ1v) is 8.48. The molecule has 2 aliphatic heterocycles. The van der Waals surface area contributed by atoms with Gasteiger partial charge in [0.15, 0.2) is 11.6 Å². The molecular formula is C17H22N4O3. The quantitative estimate of drug-likeness (QED) is 0.856. The van der Waals surface area contributed by atoms with Gasteiger partial charge in [-0.05, 0) is 12.1 Å². The molecule has 0 N–H and O–H groups in total. The van der Waals surface area contributed by atoms with Gasteiger partial charge < -0.3 is 18.9 Å². The Hall–Kier alpha value is -1.99. The Balaban J connectivity index is 1.50. The lowest BCUT2D eigenvalue weighted by atomic mass is 10.0. The molecule has 0 aliphatic carbocycles. The third-order valence-corrected chi connectivity index (χ3v) is 4.61. The maximum absolute atomic E-state index is 5.78. The number of anilines is 1. The van der Waals surface area contributed by atoms with Crippen LogP contribution in [0.15, 0.2) is 22.9 Å². The van der Waals surface area contributed by atoms with E-state index < -0.39 is 0 Å². The van der Waals surface area contributed by atoms with E-state index in [0.29, 0.717) is 19.1 Å². The highest BCUT2D eigenvalue weighted by molar-refractivity contribution is 5.58. The summed E-state index contributed by atoms with van der Waals surface area (Å²) in [5.41, 5.74) is 0.896. The van der Waals surface area contributed by atoms with Crippen LogP contribution >= 0.6 is 0 Å². The molecule has 0 radical (unpaired) electrons. The first kappa shape index (κ1) is 15.5. The molecular weight excluding hydrogens is 308 g/mol. The van der Waals surface area contributed by atoms with Crippen LogP contribution in [-0.4, -0.2) is 47.2 Å². The fourth-order valence-corrected chi connectivity index (χ4v) is 3.17. The topological polar surface area (TPSA) is 73.5 Å². The zero-order valence-electron chi connectivity index (χ0n) is 14.1. The van der Waals surface area contributed by atoms with Gasteiger partial charge in [-0.2, -0.15) is 4.98 Å². The SMILES string of the molecule is CC(C)c1noc(-c2ccnc(N3CCC4(CC3)OCCO4)c2)n1. The van der Waals surface area contributed by atoms with E-state index in [4.69, 9.17) is 14.0 Å². The van der Waals surface area contributed by atoms with Crippen molar-refractivity contribution in [2.45, 2.75) is 38.4 Å². The summed E-state index contributed by atoms with van der Waals surface area (Å²) < 4.78 is 16.9. The lowest BCUT2D eigenvalue weighted by Gasteiger charge is -2.38. The smallest absolute Gasteiger partial charge is 0.258 e. The van der Waals surface area contributed by atoms with Crippen LogP contribution in [-0.2, 0) is 9.47 Å². The first-order valence-electron chi connectivity index (χ1n) is 8.48. The summed E-state index contributed by atoms with van der Waals surface area (Å²) in [5.74, 6) is 2.06. The zero-order valence-corrected chi connectivity index (χ0v) is 14.1. The molecule has 2 fully saturated rings. The van der Waals surface area contributed by atoms with Crippen LogP contribution in [0.1, 0.15) is 38.4 Å². The molecule has 2 aromatic rings. The van der Waals surface area contributed by atoms with Crippen molar-refractivity contribution >= 4 is 5.82 Å². The number of ether oxygens (including phenoxy) is 2.